The highest BCUT2D eigenvalue weighted by atomic mass is 32.2. The Morgan fingerprint density at radius 3 is 2.50 bits per heavy atom. The number of aryl methyl sites for hydroxylation is 1. The summed E-state index contributed by atoms with van der Waals surface area (Å²) < 4.78 is 33.6. The summed E-state index contributed by atoms with van der Waals surface area (Å²) in [5.74, 6) is 0.568. The molecule has 0 radical (unpaired) electrons. The van der Waals surface area contributed by atoms with Gasteiger partial charge in [-0.05, 0) is 60.9 Å². The van der Waals surface area contributed by atoms with Crippen LogP contribution in [0.1, 0.15) is 42.8 Å². The summed E-state index contributed by atoms with van der Waals surface area (Å²) in [5.41, 5.74) is 1.73. The molecule has 2 atom stereocenters. The number of furan rings is 1. The van der Waals surface area contributed by atoms with Gasteiger partial charge in [0.15, 0.2) is 5.76 Å². The minimum atomic E-state index is -3.58. The monoisotopic (exact) mass is 454 g/mol. The Kier molecular flexibility index (Phi) is 6.67. The van der Waals surface area contributed by atoms with Gasteiger partial charge in [0.2, 0.25) is 10.0 Å². The lowest BCUT2D eigenvalue weighted by molar-refractivity contribution is 0.0927. The van der Waals surface area contributed by atoms with Gasteiger partial charge in [0, 0.05) is 25.0 Å². The number of piperidine rings is 1. The second kappa shape index (κ2) is 9.46. The van der Waals surface area contributed by atoms with Crippen LogP contribution in [0.3, 0.4) is 0 Å². The van der Waals surface area contributed by atoms with Crippen LogP contribution in [0, 0.1) is 11.8 Å². The largest absolute Gasteiger partial charge is 0.451 e. The highest BCUT2D eigenvalue weighted by molar-refractivity contribution is 7.89. The van der Waals surface area contributed by atoms with Crippen molar-refractivity contribution in [2.45, 2.75) is 38.0 Å². The lowest BCUT2D eigenvalue weighted by Gasteiger charge is -2.34. The van der Waals surface area contributed by atoms with Crippen LogP contribution in [0.5, 0.6) is 0 Å². The standard InChI is InChI=1S/C25H30N2O4S/c1-18-13-19(2)17-27(16-18)32(29,30)22-10-11-23-21(14-22)15-24(31-23)25(28)26-12-6-9-20-7-4-3-5-8-20/h3-5,7-8,10-11,14-15,18-19H,6,9,12-13,16-17H2,1-2H3,(H,26,28). The van der Waals surface area contributed by atoms with Gasteiger partial charge in [-0.2, -0.15) is 4.31 Å². The Bertz CT molecular complexity index is 1180. The summed E-state index contributed by atoms with van der Waals surface area (Å²) in [6.45, 7) is 5.78. The Morgan fingerprint density at radius 2 is 1.78 bits per heavy atom. The zero-order chi connectivity index (χ0) is 22.7. The maximum Gasteiger partial charge on any atom is 0.287 e. The van der Waals surface area contributed by atoms with E-state index in [1.54, 1.807) is 28.6 Å². The third kappa shape index (κ3) is 5.05. The van der Waals surface area contributed by atoms with Gasteiger partial charge in [0.05, 0.1) is 4.90 Å². The number of nitrogens with zero attached hydrogens (tertiary/aromatic N) is 1. The van der Waals surface area contributed by atoms with Crippen LogP contribution in [0.25, 0.3) is 11.0 Å². The first-order valence-electron chi connectivity index (χ1n) is 11.2. The van der Waals surface area contributed by atoms with Gasteiger partial charge in [-0.1, -0.05) is 44.2 Å². The summed E-state index contributed by atoms with van der Waals surface area (Å²) >= 11 is 0. The van der Waals surface area contributed by atoms with E-state index >= 15 is 0 Å². The first kappa shape index (κ1) is 22.6. The third-order valence-corrected chi connectivity index (χ3v) is 7.78. The lowest BCUT2D eigenvalue weighted by Crippen LogP contribution is -2.42. The second-order valence-corrected chi connectivity index (χ2v) is 10.9. The molecule has 4 rings (SSSR count). The maximum absolute atomic E-state index is 13.2. The highest BCUT2D eigenvalue weighted by Crippen LogP contribution is 2.29. The number of fused-ring (bicyclic) bond motifs is 1. The van der Waals surface area contributed by atoms with Crippen molar-refractivity contribution in [2.75, 3.05) is 19.6 Å². The first-order chi connectivity index (χ1) is 15.3. The molecule has 2 aromatic carbocycles. The van der Waals surface area contributed by atoms with Crippen LogP contribution in [0.15, 0.2) is 63.9 Å². The van der Waals surface area contributed by atoms with Crippen molar-refractivity contribution in [1.82, 2.24) is 9.62 Å². The maximum atomic E-state index is 13.2. The molecule has 0 spiro atoms. The molecule has 1 aromatic heterocycles. The zero-order valence-electron chi connectivity index (χ0n) is 18.6. The highest BCUT2D eigenvalue weighted by Gasteiger charge is 2.32. The van der Waals surface area contributed by atoms with Gasteiger partial charge >= 0.3 is 0 Å². The van der Waals surface area contributed by atoms with Gasteiger partial charge in [-0.15, -0.1) is 0 Å². The molecule has 170 valence electrons. The van der Waals surface area contributed by atoms with Crippen molar-refractivity contribution >= 4 is 26.9 Å². The molecule has 1 aliphatic rings. The molecule has 0 bridgehead atoms. The molecule has 2 unspecified atom stereocenters. The number of benzene rings is 2. The number of sulfonamides is 1. The zero-order valence-corrected chi connectivity index (χ0v) is 19.4. The molecular formula is C25H30N2O4S. The van der Waals surface area contributed by atoms with Gasteiger partial charge in [-0.3, -0.25) is 4.79 Å². The summed E-state index contributed by atoms with van der Waals surface area (Å²) in [6.07, 6.45) is 2.75. The summed E-state index contributed by atoms with van der Waals surface area (Å²) in [7, 11) is -3.58. The van der Waals surface area contributed by atoms with Crippen molar-refractivity contribution in [3.8, 4) is 0 Å². The number of hydrogen-bond donors (Lipinski definition) is 1. The van der Waals surface area contributed by atoms with E-state index < -0.39 is 10.0 Å². The molecule has 1 N–H and O–H groups in total. The Balaban J connectivity index is 1.42. The van der Waals surface area contributed by atoms with Crippen molar-refractivity contribution in [3.63, 3.8) is 0 Å². The van der Waals surface area contributed by atoms with Crippen LogP contribution in [0.2, 0.25) is 0 Å². The molecule has 0 saturated carbocycles. The number of rotatable bonds is 7. The van der Waals surface area contributed by atoms with E-state index in [0.29, 0.717) is 42.4 Å². The second-order valence-electron chi connectivity index (χ2n) is 8.92. The normalized spacial score (nSPS) is 19.8. The number of nitrogens with one attached hydrogen (secondary N) is 1. The number of carbonyl (C=O) groups is 1. The predicted octanol–water partition coefficient (Wildman–Crippen LogP) is 4.46. The predicted molar refractivity (Wildman–Crippen MR) is 125 cm³/mol. The number of hydrogen-bond acceptors (Lipinski definition) is 4. The smallest absolute Gasteiger partial charge is 0.287 e. The van der Waals surface area contributed by atoms with Gasteiger partial charge in [0.25, 0.3) is 5.91 Å². The summed E-state index contributed by atoms with van der Waals surface area (Å²) in [6, 6.07) is 16.5. The van der Waals surface area contributed by atoms with E-state index in [1.807, 2.05) is 18.2 Å². The fraction of sp³-hybridized carbons (Fsp3) is 0.400. The van der Waals surface area contributed by atoms with Gasteiger partial charge < -0.3 is 9.73 Å². The van der Waals surface area contributed by atoms with E-state index in [0.717, 1.165) is 19.3 Å². The first-order valence-corrected chi connectivity index (χ1v) is 12.6. The average Bonchev–Trinajstić information content (AvgIpc) is 3.20. The van der Waals surface area contributed by atoms with E-state index in [2.05, 4.69) is 31.3 Å². The minimum absolute atomic E-state index is 0.189. The fourth-order valence-corrected chi connectivity index (χ4v) is 6.19. The average molecular weight is 455 g/mol. The quantitative estimate of drug-likeness (QED) is 0.535. The van der Waals surface area contributed by atoms with Gasteiger partial charge in [0.1, 0.15) is 5.58 Å². The lowest BCUT2D eigenvalue weighted by atomic mass is 9.94. The molecule has 1 saturated heterocycles. The van der Waals surface area contributed by atoms with E-state index in [9.17, 15) is 13.2 Å². The Hall–Kier alpha value is -2.64. The van der Waals surface area contributed by atoms with Crippen LogP contribution in [0.4, 0.5) is 0 Å². The minimum Gasteiger partial charge on any atom is -0.451 e. The topological polar surface area (TPSA) is 79.6 Å². The third-order valence-electron chi connectivity index (χ3n) is 5.96. The van der Waals surface area contributed by atoms with Crippen molar-refractivity contribution in [1.29, 1.82) is 0 Å². The molecule has 2 heterocycles. The van der Waals surface area contributed by atoms with Crippen molar-refractivity contribution in [3.05, 3.63) is 65.9 Å². The Labute approximate surface area is 189 Å². The van der Waals surface area contributed by atoms with E-state index in [1.165, 1.54) is 5.56 Å². The van der Waals surface area contributed by atoms with Crippen LogP contribution < -0.4 is 5.32 Å². The fourth-order valence-electron chi connectivity index (χ4n) is 4.47. The molecule has 0 aliphatic carbocycles. The molecule has 7 heteroatoms. The van der Waals surface area contributed by atoms with Crippen LogP contribution in [-0.2, 0) is 16.4 Å². The molecule has 1 fully saturated rings. The molecule has 32 heavy (non-hydrogen) atoms. The SMILES string of the molecule is CC1CC(C)CN(S(=O)(=O)c2ccc3oc(C(=O)NCCCc4ccccc4)cc3c2)C1. The molecule has 1 amide bonds. The molecule has 3 aromatic rings. The van der Waals surface area contributed by atoms with Crippen molar-refractivity contribution in [2.24, 2.45) is 11.8 Å². The Morgan fingerprint density at radius 1 is 1.06 bits per heavy atom. The molecular weight excluding hydrogens is 424 g/mol. The van der Waals surface area contributed by atoms with Crippen LogP contribution >= 0.6 is 0 Å². The van der Waals surface area contributed by atoms with E-state index in [-0.39, 0.29) is 16.6 Å². The number of carbonyl (C=O) groups excluding carboxylic acids is 1. The van der Waals surface area contributed by atoms with Crippen molar-refractivity contribution < 1.29 is 17.6 Å². The van der Waals surface area contributed by atoms with E-state index in [4.69, 9.17) is 4.42 Å². The van der Waals surface area contributed by atoms with Crippen LogP contribution in [-0.4, -0.2) is 38.3 Å². The van der Waals surface area contributed by atoms with Gasteiger partial charge in [-0.25, -0.2) is 8.42 Å². The molecule has 6 nitrogen and oxygen atoms in total. The number of amides is 1. The molecule has 1 aliphatic heterocycles. The summed E-state index contributed by atoms with van der Waals surface area (Å²) in [4.78, 5) is 12.7. The summed E-state index contributed by atoms with van der Waals surface area (Å²) in [5, 5.41) is 3.49.